The summed E-state index contributed by atoms with van der Waals surface area (Å²) in [6.45, 7) is 2.24. The van der Waals surface area contributed by atoms with E-state index in [-0.39, 0.29) is 0 Å². The number of hydrogen-bond donors (Lipinski definition) is 0. The average molecular weight is 150 g/mol. The van der Waals surface area contributed by atoms with Crippen LogP contribution >= 0.6 is 0 Å². The van der Waals surface area contributed by atoms with Gasteiger partial charge < -0.3 is 0 Å². The van der Waals surface area contributed by atoms with Gasteiger partial charge in [-0.2, -0.15) is 0 Å². The van der Waals surface area contributed by atoms with Gasteiger partial charge in [0.1, 0.15) is 0 Å². The molecule has 1 aliphatic rings. The van der Waals surface area contributed by atoms with Gasteiger partial charge in [0.15, 0.2) is 0 Å². The topological polar surface area (TPSA) is 0 Å². The minimum Gasteiger partial charge on any atom is -0.0882 e. The fraction of sp³-hybridized carbons (Fsp3) is 0.636. The fourth-order valence-electron chi connectivity index (χ4n) is 1.41. The van der Waals surface area contributed by atoms with Gasteiger partial charge in [-0.15, -0.1) is 0 Å². The molecule has 0 saturated heterocycles. The van der Waals surface area contributed by atoms with Gasteiger partial charge in [-0.3, -0.25) is 0 Å². The van der Waals surface area contributed by atoms with E-state index in [9.17, 15) is 0 Å². The predicted molar refractivity (Wildman–Crippen MR) is 50.5 cm³/mol. The molecule has 0 spiro atoms. The van der Waals surface area contributed by atoms with Crippen LogP contribution in [0, 0.1) is 5.92 Å². The predicted octanol–water partition coefficient (Wildman–Crippen LogP) is 3.70. The van der Waals surface area contributed by atoms with Crippen molar-refractivity contribution in [1.29, 1.82) is 0 Å². The molecule has 0 unspecified atom stereocenters. The van der Waals surface area contributed by atoms with Crippen LogP contribution in [-0.4, -0.2) is 0 Å². The highest BCUT2D eigenvalue weighted by Crippen LogP contribution is 2.18. The SMILES string of the molecule is CCCC/C=C/C1CC=CC1. The molecule has 0 aromatic carbocycles. The van der Waals surface area contributed by atoms with E-state index < -0.39 is 0 Å². The van der Waals surface area contributed by atoms with E-state index in [2.05, 4.69) is 31.2 Å². The second kappa shape index (κ2) is 5.17. The number of allylic oxidation sites excluding steroid dienone is 4. The van der Waals surface area contributed by atoms with Crippen LogP contribution in [0.5, 0.6) is 0 Å². The minimum absolute atomic E-state index is 0.826. The Kier molecular flexibility index (Phi) is 4.03. The van der Waals surface area contributed by atoms with Crippen molar-refractivity contribution in [3.8, 4) is 0 Å². The first-order chi connectivity index (χ1) is 5.43. The largest absolute Gasteiger partial charge is 0.0882 e. The van der Waals surface area contributed by atoms with Crippen molar-refractivity contribution in [2.45, 2.75) is 39.0 Å². The molecule has 0 radical (unpaired) electrons. The third-order valence-corrected chi connectivity index (χ3v) is 2.18. The number of hydrogen-bond acceptors (Lipinski definition) is 0. The molecule has 0 saturated carbocycles. The first kappa shape index (κ1) is 8.58. The molecule has 0 nitrogen and oxygen atoms in total. The lowest BCUT2D eigenvalue weighted by Gasteiger charge is -1.99. The summed E-state index contributed by atoms with van der Waals surface area (Å²) in [4.78, 5) is 0. The molecule has 62 valence electrons. The van der Waals surface area contributed by atoms with E-state index in [4.69, 9.17) is 0 Å². The lowest BCUT2D eigenvalue weighted by Crippen LogP contribution is -1.85. The Morgan fingerprint density at radius 3 is 2.73 bits per heavy atom. The van der Waals surface area contributed by atoms with Crippen molar-refractivity contribution in [2.24, 2.45) is 5.92 Å². The van der Waals surface area contributed by atoms with Gasteiger partial charge in [-0.25, -0.2) is 0 Å². The first-order valence-corrected chi connectivity index (χ1v) is 4.75. The molecule has 0 aromatic rings. The zero-order chi connectivity index (χ0) is 7.94. The second-order valence-electron chi connectivity index (χ2n) is 3.27. The van der Waals surface area contributed by atoms with Crippen molar-refractivity contribution in [1.82, 2.24) is 0 Å². The van der Waals surface area contributed by atoms with E-state index in [1.807, 2.05) is 0 Å². The maximum atomic E-state index is 2.38. The van der Waals surface area contributed by atoms with Crippen molar-refractivity contribution in [3.05, 3.63) is 24.3 Å². The van der Waals surface area contributed by atoms with Gasteiger partial charge in [-0.05, 0) is 25.2 Å². The van der Waals surface area contributed by atoms with Crippen molar-refractivity contribution in [2.75, 3.05) is 0 Å². The molecule has 0 amide bonds. The van der Waals surface area contributed by atoms with Gasteiger partial charge in [0.2, 0.25) is 0 Å². The Morgan fingerprint density at radius 2 is 2.09 bits per heavy atom. The van der Waals surface area contributed by atoms with Crippen molar-refractivity contribution < 1.29 is 0 Å². The molecule has 1 aliphatic carbocycles. The van der Waals surface area contributed by atoms with Crippen LogP contribution in [-0.2, 0) is 0 Å². The van der Waals surface area contributed by atoms with E-state index in [1.54, 1.807) is 0 Å². The van der Waals surface area contributed by atoms with Crippen LogP contribution in [0.2, 0.25) is 0 Å². The van der Waals surface area contributed by atoms with E-state index in [0.717, 1.165) is 5.92 Å². The highest BCUT2D eigenvalue weighted by atomic mass is 14.1. The average Bonchev–Trinajstić information content (AvgIpc) is 2.50. The quantitative estimate of drug-likeness (QED) is 0.423. The second-order valence-corrected chi connectivity index (χ2v) is 3.27. The number of unbranched alkanes of at least 4 members (excludes halogenated alkanes) is 2. The summed E-state index contributed by atoms with van der Waals surface area (Å²) >= 11 is 0. The van der Waals surface area contributed by atoms with Crippen molar-refractivity contribution in [3.63, 3.8) is 0 Å². The van der Waals surface area contributed by atoms with Gasteiger partial charge in [-0.1, -0.05) is 44.1 Å². The van der Waals surface area contributed by atoms with Gasteiger partial charge in [0.25, 0.3) is 0 Å². The Balaban J connectivity index is 2.04. The highest BCUT2D eigenvalue weighted by Gasteiger charge is 2.04. The smallest absolute Gasteiger partial charge is 0.0164 e. The molecule has 0 bridgehead atoms. The van der Waals surface area contributed by atoms with Gasteiger partial charge >= 0.3 is 0 Å². The standard InChI is InChI=1S/C11H18/c1-2-3-4-5-8-11-9-6-7-10-11/h5-8,11H,2-4,9-10H2,1H3/b8-5+. The van der Waals surface area contributed by atoms with E-state index in [1.165, 1.54) is 32.1 Å². The van der Waals surface area contributed by atoms with Crippen molar-refractivity contribution >= 4 is 0 Å². The third kappa shape index (κ3) is 3.41. The van der Waals surface area contributed by atoms with Crippen LogP contribution in [0.3, 0.4) is 0 Å². The molecule has 0 heterocycles. The molecule has 0 aromatic heterocycles. The summed E-state index contributed by atoms with van der Waals surface area (Å²) in [5.41, 5.74) is 0. The van der Waals surface area contributed by atoms with Crippen LogP contribution in [0.4, 0.5) is 0 Å². The summed E-state index contributed by atoms with van der Waals surface area (Å²) in [6.07, 6.45) is 15.8. The summed E-state index contributed by atoms with van der Waals surface area (Å²) < 4.78 is 0. The molecule has 1 rings (SSSR count). The summed E-state index contributed by atoms with van der Waals surface area (Å²) in [5, 5.41) is 0. The normalized spacial score (nSPS) is 18.6. The zero-order valence-corrected chi connectivity index (χ0v) is 7.42. The maximum Gasteiger partial charge on any atom is -0.0164 e. The summed E-state index contributed by atoms with van der Waals surface area (Å²) in [7, 11) is 0. The van der Waals surface area contributed by atoms with Gasteiger partial charge in [0, 0.05) is 0 Å². The Hall–Kier alpha value is -0.520. The lowest BCUT2D eigenvalue weighted by atomic mass is 10.1. The molecule has 0 atom stereocenters. The van der Waals surface area contributed by atoms with Crippen LogP contribution in [0.15, 0.2) is 24.3 Å². The minimum atomic E-state index is 0.826. The Bertz CT molecular complexity index is 134. The highest BCUT2D eigenvalue weighted by molar-refractivity contribution is 5.02. The lowest BCUT2D eigenvalue weighted by molar-refractivity contribution is 0.708. The Morgan fingerprint density at radius 1 is 1.36 bits per heavy atom. The summed E-state index contributed by atoms with van der Waals surface area (Å²) in [6, 6.07) is 0. The third-order valence-electron chi connectivity index (χ3n) is 2.18. The molecule has 0 N–H and O–H groups in total. The molecule has 0 fully saturated rings. The van der Waals surface area contributed by atoms with E-state index in [0.29, 0.717) is 0 Å². The first-order valence-electron chi connectivity index (χ1n) is 4.75. The zero-order valence-electron chi connectivity index (χ0n) is 7.42. The fourth-order valence-corrected chi connectivity index (χ4v) is 1.41. The summed E-state index contributed by atoms with van der Waals surface area (Å²) in [5.74, 6) is 0.826. The molecule has 0 aliphatic heterocycles. The van der Waals surface area contributed by atoms with E-state index >= 15 is 0 Å². The molecular formula is C11H18. The molecular weight excluding hydrogens is 132 g/mol. The number of rotatable bonds is 4. The van der Waals surface area contributed by atoms with Crippen LogP contribution in [0.1, 0.15) is 39.0 Å². The molecule has 11 heavy (non-hydrogen) atoms. The van der Waals surface area contributed by atoms with Crippen LogP contribution in [0.25, 0.3) is 0 Å². The molecule has 0 heteroatoms. The van der Waals surface area contributed by atoms with Gasteiger partial charge in [0.05, 0.1) is 0 Å². The maximum absolute atomic E-state index is 2.38. The monoisotopic (exact) mass is 150 g/mol. The van der Waals surface area contributed by atoms with Crippen LogP contribution < -0.4 is 0 Å². The Labute approximate surface area is 70.0 Å².